The monoisotopic (exact) mass is 412 g/mol. The Morgan fingerprint density at radius 1 is 1.04 bits per heavy atom. The molecule has 27 heavy (non-hydrogen) atoms. The number of amides is 1. The van der Waals surface area contributed by atoms with Crippen LogP contribution in [-0.2, 0) is 14.8 Å². The molecule has 0 saturated heterocycles. The summed E-state index contributed by atoms with van der Waals surface area (Å²) in [4.78, 5) is 12.2. The Hall–Kier alpha value is -1.96. The van der Waals surface area contributed by atoms with Crippen LogP contribution < -0.4 is 10.0 Å². The number of carbonyl (C=O) groups is 1. The molecule has 1 amide bonds. The fraction of sp³-hybridized carbons (Fsp3) is 0.316. The van der Waals surface area contributed by atoms with E-state index in [1.54, 1.807) is 45.0 Å². The second kappa shape index (κ2) is 8.82. The zero-order chi connectivity index (χ0) is 20.2. The number of halogens is 2. The first kappa shape index (κ1) is 21.3. The third-order valence-corrected chi connectivity index (χ3v) is 5.81. The fourth-order valence-corrected chi connectivity index (χ4v) is 4.07. The highest BCUT2D eigenvalue weighted by Gasteiger charge is 2.30. The van der Waals surface area contributed by atoms with Crippen LogP contribution in [0.25, 0.3) is 0 Å². The topological polar surface area (TPSA) is 75.3 Å². The summed E-state index contributed by atoms with van der Waals surface area (Å²) in [5.74, 6) is -1.71. The molecule has 0 radical (unpaired) electrons. The van der Waals surface area contributed by atoms with Crippen molar-refractivity contribution in [3.05, 3.63) is 64.9 Å². The van der Waals surface area contributed by atoms with Crippen LogP contribution in [0.5, 0.6) is 0 Å². The molecule has 0 aliphatic heterocycles. The molecule has 2 N–H and O–H groups in total. The smallest absolute Gasteiger partial charge is 0.244 e. The number of benzene rings is 2. The molecule has 2 atom stereocenters. The first-order valence-electron chi connectivity index (χ1n) is 8.44. The molecule has 0 saturated carbocycles. The Morgan fingerprint density at radius 2 is 1.63 bits per heavy atom. The molecule has 2 aromatic carbocycles. The maximum absolute atomic E-state index is 13.9. The van der Waals surface area contributed by atoms with Crippen LogP contribution in [-0.4, -0.2) is 20.4 Å². The van der Waals surface area contributed by atoms with Gasteiger partial charge in [0.2, 0.25) is 15.9 Å². The van der Waals surface area contributed by atoms with Gasteiger partial charge in [0.15, 0.2) is 0 Å². The molecule has 8 heteroatoms. The Labute approximate surface area is 164 Å². The van der Waals surface area contributed by atoms with Crippen LogP contribution in [0.15, 0.2) is 53.4 Å². The molecule has 2 unspecified atom stereocenters. The van der Waals surface area contributed by atoms with Crippen molar-refractivity contribution in [3.63, 3.8) is 0 Å². The van der Waals surface area contributed by atoms with E-state index in [4.69, 9.17) is 11.6 Å². The summed E-state index contributed by atoms with van der Waals surface area (Å²) in [6, 6.07) is 10.6. The highest BCUT2D eigenvalue weighted by Crippen LogP contribution is 2.18. The van der Waals surface area contributed by atoms with Crippen molar-refractivity contribution in [1.82, 2.24) is 10.0 Å². The van der Waals surface area contributed by atoms with Crippen molar-refractivity contribution in [2.75, 3.05) is 0 Å². The maximum Gasteiger partial charge on any atom is 0.244 e. The van der Waals surface area contributed by atoms with Crippen LogP contribution in [0.4, 0.5) is 4.39 Å². The summed E-state index contributed by atoms with van der Waals surface area (Å²) in [5, 5.41) is 3.36. The van der Waals surface area contributed by atoms with Gasteiger partial charge < -0.3 is 5.32 Å². The van der Waals surface area contributed by atoms with Gasteiger partial charge in [0.05, 0.1) is 6.04 Å². The lowest BCUT2D eigenvalue weighted by Crippen LogP contribution is -2.50. The van der Waals surface area contributed by atoms with Crippen LogP contribution in [0, 0.1) is 11.7 Å². The average Bonchev–Trinajstić information content (AvgIpc) is 2.60. The van der Waals surface area contributed by atoms with Crippen molar-refractivity contribution in [2.45, 2.75) is 37.8 Å². The lowest BCUT2D eigenvalue weighted by molar-refractivity contribution is -0.124. The molecule has 0 aliphatic carbocycles. The van der Waals surface area contributed by atoms with Gasteiger partial charge in [0, 0.05) is 5.02 Å². The second-order valence-electron chi connectivity index (χ2n) is 6.56. The van der Waals surface area contributed by atoms with E-state index in [2.05, 4.69) is 10.0 Å². The number of rotatable bonds is 7. The first-order chi connectivity index (χ1) is 12.6. The number of hydrogen-bond donors (Lipinski definition) is 2. The van der Waals surface area contributed by atoms with E-state index in [0.29, 0.717) is 5.02 Å². The van der Waals surface area contributed by atoms with Gasteiger partial charge in [0.1, 0.15) is 16.8 Å². The lowest BCUT2D eigenvalue weighted by atomic mass is 10.0. The van der Waals surface area contributed by atoms with Crippen LogP contribution >= 0.6 is 11.6 Å². The minimum atomic E-state index is -4.19. The van der Waals surface area contributed by atoms with E-state index >= 15 is 0 Å². The second-order valence-corrected chi connectivity index (χ2v) is 8.67. The molecule has 0 heterocycles. The summed E-state index contributed by atoms with van der Waals surface area (Å²) in [6.45, 7) is 5.20. The molecule has 2 rings (SSSR count). The van der Waals surface area contributed by atoms with Gasteiger partial charge in [-0.25, -0.2) is 12.8 Å². The Kier molecular flexibility index (Phi) is 6.97. The zero-order valence-electron chi connectivity index (χ0n) is 15.2. The number of carbonyl (C=O) groups excluding carboxylic acids is 1. The Morgan fingerprint density at radius 3 is 2.19 bits per heavy atom. The van der Waals surface area contributed by atoms with Crippen LogP contribution in [0.1, 0.15) is 32.4 Å². The molecule has 0 aliphatic rings. The standard InChI is InChI=1S/C19H22ClFN2O3S/c1-12(2)18(23-27(25,26)17-7-5-4-6-16(17)21)19(24)22-13(3)14-8-10-15(20)11-9-14/h4-13,18,23H,1-3H3,(H,22,24). The molecular weight excluding hydrogens is 391 g/mol. The van der Waals surface area contributed by atoms with E-state index in [1.807, 2.05) is 0 Å². The third-order valence-electron chi connectivity index (χ3n) is 4.09. The summed E-state index contributed by atoms with van der Waals surface area (Å²) in [6.07, 6.45) is 0. The van der Waals surface area contributed by atoms with Crippen LogP contribution in [0.3, 0.4) is 0 Å². The highest BCUT2D eigenvalue weighted by molar-refractivity contribution is 7.89. The molecular formula is C19H22ClFN2O3S. The van der Waals surface area contributed by atoms with Gasteiger partial charge in [-0.1, -0.05) is 49.7 Å². The van der Waals surface area contributed by atoms with Crippen molar-refractivity contribution in [1.29, 1.82) is 0 Å². The van der Waals surface area contributed by atoms with Crippen LogP contribution in [0.2, 0.25) is 5.02 Å². The van der Waals surface area contributed by atoms with Gasteiger partial charge >= 0.3 is 0 Å². The van der Waals surface area contributed by atoms with Gasteiger partial charge in [-0.05, 0) is 42.7 Å². The van der Waals surface area contributed by atoms with Crippen molar-refractivity contribution >= 4 is 27.5 Å². The number of nitrogens with one attached hydrogen (secondary N) is 2. The maximum atomic E-state index is 13.9. The largest absolute Gasteiger partial charge is 0.348 e. The van der Waals surface area contributed by atoms with E-state index in [-0.39, 0.29) is 12.0 Å². The third kappa shape index (κ3) is 5.51. The average molecular weight is 413 g/mol. The molecule has 0 bridgehead atoms. The lowest BCUT2D eigenvalue weighted by Gasteiger charge is -2.24. The summed E-state index contributed by atoms with van der Waals surface area (Å²) < 4.78 is 41.2. The normalized spacial score (nSPS) is 14.0. The van der Waals surface area contributed by atoms with Crippen molar-refractivity contribution in [3.8, 4) is 0 Å². The number of sulfonamides is 1. The van der Waals surface area contributed by atoms with E-state index in [1.165, 1.54) is 12.1 Å². The van der Waals surface area contributed by atoms with Crippen molar-refractivity contribution in [2.24, 2.45) is 5.92 Å². The fourth-order valence-electron chi connectivity index (χ4n) is 2.52. The van der Waals surface area contributed by atoms with Gasteiger partial charge in [0.25, 0.3) is 0 Å². The highest BCUT2D eigenvalue weighted by atomic mass is 35.5. The van der Waals surface area contributed by atoms with E-state index in [0.717, 1.165) is 17.7 Å². The predicted octanol–water partition coefficient (Wildman–Crippen LogP) is 3.66. The molecule has 0 aromatic heterocycles. The quantitative estimate of drug-likeness (QED) is 0.728. The molecule has 5 nitrogen and oxygen atoms in total. The SMILES string of the molecule is CC(NC(=O)C(NS(=O)(=O)c1ccccc1F)C(C)C)c1ccc(Cl)cc1. The predicted molar refractivity (Wildman–Crippen MR) is 103 cm³/mol. The minimum Gasteiger partial charge on any atom is -0.348 e. The van der Waals surface area contributed by atoms with Gasteiger partial charge in [-0.3, -0.25) is 4.79 Å². The van der Waals surface area contributed by atoms with Gasteiger partial charge in [-0.15, -0.1) is 0 Å². The molecule has 0 spiro atoms. The summed E-state index contributed by atoms with van der Waals surface area (Å²) in [7, 11) is -4.19. The molecule has 2 aromatic rings. The zero-order valence-corrected chi connectivity index (χ0v) is 16.8. The molecule has 146 valence electrons. The summed E-state index contributed by atoms with van der Waals surface area (Å²) in [5.41, 5.74) is 0.826. The van der Waals surface area contributed by atoms with E-state index in [9.17, 15) is 17.6 Å². The van der Waals surface area contributed by atoms with E-state index < -0.39 is 32.7 Å². The molecule has 0 fully saturated rings. The Bertz CT molecular complexity index is 901. The van der Waals surface area contributed by atoms with Crippen molar-refractivity contribution < 1.29 is 17.6 Å². The first-order valence-corrected chi connectivity index (χ1v) is 10.3. The Balaban J connectivity index is 2.18. The summed E-state index contributed by atoms with van der Waals surface area (Å²) >= 11 is 5.86. The number of hydrogen-bond acceptors (Lipinski definition) is 3. The van der Waals surface area contributed by atoms with Gasteiger partial charge in [-0.2, -0.15) is 4.72 Å². The minimum absolute atomic E-state index is 0.344.